The molecule has 2 nitrogen and oxygen atoms in total. The smallest absolute Gasteiger partial charge is 0.313 e. The molecule has 1 saturated heterocycles. The van der Waals surface area contributed by atoms with Gasteiger partial charge in [-0.3, -0.25) is 4.90 Å². The van der Waals surface area contributed by atoms with Gasteiger partial charge in [0.2, 0.25) is 0 Å². The van der Waals surface area contributed by atoms with Crippen LogP contribution in [0, 0.1) is 11.8 Å². The second kappa shape index (κ2) is 6.81. The Kier molecular flexibility index (Phi) is 4.97. The van der Waals surface area contributed by atoms with E-state index in [1.807, 2.05) is 0 Å². The van der Waals surface area contributed by atoms with Crippen molar-refractivity contribution >= 4 is 0 Å². The number of rotatable bonds is 5. The van der Waals surface area contributed by atoms with Crippen LogP contribution in [-0.2, 0) is 12.7 Å². The van der Waals surface area contributed by atoms with Crippen molar-refractivity contribution in [2.45, 2.75) is 44.9 Å². The lowest BCUT2D eigenvalue weighted by Gasteiger charge is -2.32. The molecule has 1 aromatic rings. The number of nitrogens with zero attached hydrogens (tertiary/aromatic N) is 1. The van der Waals surface area contributed by atoms with E-state index < -0.39 is 11.7 Å². The van der Waals surface area contributed by atoms with Gasteiger partial charge in [-0.15, -0.1) is 0 Å². The molecule has 0 aromatic heterocycles. The molecule has 0 bridgehead atoms. The quantitative estimate of drug-likeness (QED) is 0.882. The average molecular weight is 326 g/mol. The number of hydrogen-bond donors (Lipinski definition) is 1. The van der Waals surface area contributed by atoms with Crippen LogP contribution in [0.4, 0.5) is 13.2 Å². The Morgan fingerprint density at radius 3 is 2.43 bits per heavy atom. The molecule has 0 unspecified atom stereocenters. The fourth-order valence-electron chi connectivity index (χ4n) is 3.45. The highest BCUT2D eigenvalue weighted by molar-refractivity contribution is 5.29. The molecule has 1 aliphatic carbocycles. The zero-order valence-electron chi connectivity index (χ0n) is 13.6. The van der Waals surface area contributed by atoms with Gasteiger partial charge in [0.05, 0.1) is 5.56 Å². The number of nitrogens with one attached hydrogen (secondary N) is 1. The van der Waals surface area contributed by atoms with Crippen molar-refractivity contribution in [1.82, 2.24) is 10.2 Å². The summed E-state index contributed by atoms with van der Waals surface area (Å²) in [5, 5.41) is 3.60. The predicted molar refractivity (Wildman–Crippen MR) is 85.0 cm³/mol. The largest absolute Gasteiger partial charge is 0.416 e. The molecular formula is C18H25F3N2. The Morgan fingerprint density at radius 2 is 1.83 bits per heavy atom. The highest BCUT2D eigenvalue weighted by Crippen LogP contribution is 2.33. The van der Waals surface area contributed by atoms with Crippen LogP contribution in [-0.4, -0.2) is 30.6 Å². The van der Waals surface area contributed by atoms with Gasteiger partial charge in [-0.05, 0) is 62.4 Å². The van der Waals surface area contributed by atoms with Gasteiger partial charge in [0.1, 0.15) is 0 Å². The van der Waals surface area contributed by atoms with E-state index >= 15 is 0 Å². The first-order valence-corrected chi connectivity index (χ1v) is 8.54. The van der Waals surface area contributed by atoms with Crippen LogP contribution >= 0.6 is 0 Å². The zero-order valence-corrected chi connectivity index (χ0v) is 13.6. The van der Waals surface area contributed by atoms with Crippen LogP contribution in [0.1, 0.15) is 37.3 Å². The molecule has 1 saturated carbocycles. The number of benzene rings is 1. The van der Waals surface area contributed by atoms with Crippen molar-refractivity contribution in [3.8, 4) is 0 Å². The third-order valence-electron chi connectivity index (χ3n) is 5.20. The zero-order chi connectivity index (χ0) is 16.4. The molecule has 2 atom stereocenters. The van der Waals surface area contributed by atoms with Gasteiger partial charge >= 0.3 is 6.18 Å². The van der Waals surface area contributed by atoms with Crippen molar-refractivity contribution < 1.29 is 13.2 Å². The van der Waals surface area contributed by atoms with Crippen molar-refractivity contribution in [1.29, 1.82) is 0 Å². The Labute approximate surface area is 136 Å². The third kappa shape index (κ3) is 4.48. The fraction of sp³-hybridized carbons (Fsp3) is 0.667. The summed E-state index contributed by atoms with van der Waals surface area (Å²) in [5.41, 5.74) is -0.102. The Hall–Kier alpha value is -1.07. The minimum absolute atomic E-state index is 0.392. The molecule has 3 rings (SSSR count). The lowest BCUT2D eigenvalue weighted by Crippen LogP contribution is -2.37. The maximum absolute atomic E-state index is 13.1. The molecule has 0 radical (unpaired) electrons. The molecule has 1 N–H and O–H groups in total. The van der Waals surface area contributed by atoms with Crippen LogP contribution in [0.15, 0.2) is 24.3 Å². The summed E-state index contributed by atoms with van der Waals surface area (Å²) < 4.78 is 39.2. The minimum Gasteiger partial charge on any atom is -0.313 e. The van der Waals surface area contributed by atoms with Crippen LogP contribution in [0.3, 0.4) is 0 Å². The number of piperidine rings is 1. The third-order valence-corrected chi connectivity index (χ3v) is 5.20. The Balaban J connectivity index is 1.49. The van der Waals surface area contributed by atoms with Crippen molar-refractivity contribution in [3.05, 3.63) is 35.4 Å². The molecule has 2 fully saturated rings. The fourth-order valence-corrected chi connectivity index (χ4v) is 3.45. The summed E-state index contributed by atoms with van der Waals surface area (Å²) in [7, 11) is 0. The first-order valence-electron chi connectivity index (χ1n) is 8.54. The van der Waals surface area contributed by atoms with E-state index in [0.717, 1.165) is 38.4 Å². The molecule has 1 aromatic carbocycles. The Bertz CT molecular complexity index is 521. The maximum atomic E-state index is 13.1. The first kappa shape index (κ1) is 16.8. The van der Waals surface area contributed by atoms with E-state index in [0.29, 0.717) is 24.1 Å². The van der Waals surface area contributed by atoms with E-state index in [1.54, 1.807) is 12.1 Å². The molecule has 23 heavy (non-hydrogen) atoms. The average Bonchev–Trinajstić information content (AvgIpc) is 3.22. The van der Waals surface area contributed by atoms with Gasteiger partial charge in [0.25, 0.3) is 0 Å². The summed E-state index contributed by atoms with van der Waals surface area (Å²) in [6.45, 7) is 5.49. The minimum atomic E-state index is -4.26. The van der Waals surface area contributed by atoms with Crippen LogP contribution in [0.2, 0.25) is 0 Å². The van der Waals surface area contributed by atoms with Gasteiger partial charge in [0, 0.05) is 12.6 Å². The van der Waals surface area contributed by atoms with E-state index in [9.17, 15) is 13.2 Å². The SMILES string of the molecule is C[C@@H]1C[C@H]1NCC1CCN(Cc2ccccc2C(F)(F)F)CC1. The summed E-state index contributed by atoms with van der Waals surface area (Å²) in [6, 6.07) is 6.64. The molecule has 128 valence electrons. The first-order chi connectivity index (χ1) is 10.9. The molecule has 1 heterocycles. The lowest BCUT2D eigenvalue weighted by molar-refractivity contribution is -0.138. The molecular weight excluding hydrogens is 301 g/mol. The molecule has 2 aliphatic rings. The summed E-state index contributed by atoms with van der Waals surface area (Å²) in [4.78, 5) is 2.15. The maximum Gasteiger partial charge on any atom is 0.416 e. The predicted octanol–water partition coefficient (Wildman–Crippen LogP) is 3.92. The Morgan fingerprint density at radius 1 is 1.17 bits per heavy atom. The summed E-state index contributed by atoms with van der Waals surface area (Å²) in [6.07, 6.45) is -0.836. The second-order valence-corrected chi connectivity index (χ2v) is 7.10. The van der Waals surface area contributed by atoms with Gasteiger partial charge in [-0.25, -0.2) is 0 Å². The van der Waals surface area contributed by atoms with Crippen molar-refractivity contribution in [2.75, 3.05) is 19.6 Å². The van der Waals surface area contributed by atoms with E-state index in [4.69, 9.17) is 0 Å². The number of alkyl halides is 3. The summed E-state index contributed by atoms with van der Waals surface area (Å²) >= 11 is 0. The van der Waals surface area contributed by atoms with E-state index in [-0.39, 0.29) is 0 Å². The number of likely N-dealkylation sites (tertiary alicyclic amines) is 1. The monoisotopic (exact) mass is 326 g/mol. The van der Waals surface area contributed by atoms with E-state index in [1.165, 1.54) is 18.6 Å². The van der Waals surface area contributed by atoms with E-state index in [2.05, 4.69) is 17.1 Å². The highest BCUT2D eigenvalue weighted by atomic mass is 19.4. The second-order valence-electron chi connectivity index (χ2n) is 7.10. The van der Waals surface area contributed by atoms with Crippen LogP contribution < -0.4 is 5.32 Å². The number of hydrogen-bond acceptors (Lipinski definition) is 2. The van der Waals surface area contributed by atoms with Gasteiger partial charge in [0.15, 0.2) is 0 Å². The molecule has 0 spiro atoms. The topological polar surface area (TPSA) is 15.3 Å². The van der Waals surface area contributed by atoms with Crippen LogP contribution in [0.25, 0.3) is 0 Å². The molecule has 0 amide bonds. The van der Waals surface area contributed by atoms with Crippen LogP contribution in [0.5, 0.6) is 0 Å². The summed E-state index contributed by atoms with van der Waals surface area (Å²) in [5.74, 6) is 1.48. The highest BCUT2D eigenvalue weighted by Gasteiger charge is 2.34. The molecule has 5 heteroatoms. The van der Waals surface area contributed by atoms with Gasteiger partial charge in [-0.1, -0.05) is 25.1 Å². The normalized spacial score (nSPS) is 26.4. The lowest BCUT2D eigenvalue weighted by atomic mass is 9.96. The van der Waals surface area contributed by atoms with Crippen molar-refractivity contribution in [2.24, 2.45) is 11.8 Å². The number of halogens is 3. The van der Waals surface area contributed by atoms with Gasteiger partial charge in [-0.2, -0.15) is 13.2 Å². The standard InChI is InChI=1S/C18H25F3N2/c1-13-10-17(13)22-11-14-6-8-23(9-7-14)12-15-4-2-3-5-16(15)18(19,20)21/h2-5,13-14,17,22H,6-12H2,1H3/t13-,17-/m1/s1. The molecule has 1 aliphatic heterocycles. The van der Waals surface area contributed by atoms with Gasteiger partial charge < -0.3 is 5.32 Å². The van der Waals surface area contributed by atoms with Crippen molar-refractivity contribution in [3.63, 3.8) is 0 Å².